The highest BCUT2D eigenvalue weighted by molar-refractivity contribution is 6.30. The van der Waals surface area contributed by atoms with E-state index < -0.39 is 0 Å². The first kappa shape index (κ1) is 26.7. The number of amides is 1. The van der Waals surface area contributed by atoms with Crippen LogP contribution in [0.4, 0.5) is 0 Å². The molecule has 1 amide bonds. The summed E-state index contributed by atoms with van der Waals surface area (Å²) in [6.07, 6.45) is 3.13. The molecule has 36 heavy (non-hydrogen) atoms. The van der Waals surface area contributed by atoms with Gasteiger partial charge in [-0.1, -0.05) is 66.2 Å². The molecule has 0 aliphatic carbocycles. The largest absolute Gasteiger partial charge is 1.00 e. The third-order valence-corrected chi connectivity index (χ3v) is 8.04. The van der Waals surface area contributed by atoms with E-state index in [1.54, 1.807) is 4.90 Å². The summed E-state index contributed by atoms with van der Waals surface area (Å²) in [4.78, 5) is 16.5. The van der Waals surface area contributed by atoms with E-state index in [1.165, 1.54) is 16.7 Å². The van der Waals surface area contributed by atoms with Crippen molar-refractivity contribution < 1.29 is 26.8 Å². The maximum atomic E-state index is 13.0. The lowest BCUT2D eigenvalue weighted by molar-refractivity contribution is -0.908. The van der Waals surface area contributed by atoms with Crippen LogP contribution in [-0.4, -0.2) is 44.0 Å². The van der Waals surface area contributed by atoms with Crippen LogP contribution in [0.15, 0.2) is 78.9 Å². The van der Waals surface area contributed by atoms with Gasteiger partial charge < -0.3 is 26.9 Å². The van der Waals surface area contributed by atoms with Crippen molar-refractivity contribution in [1.82, 2.24) is 4.90 Å². The van der Waals surface area contributed by atoms with E-state index in [0.717, 1.165) is 56.1 Å². The van der Waals surface area contributed by atoms with Crippen molar-refractivity contribution in [3.05, 3.63) is 106 Å². The van der Waals surface area contributed by atoms with Crippen molar-refractivity contribution in [1.29, 1.82) is 0 Å². The van der Waals surface area contributed by atoms with Crippen LogP contribution in [0, 0.1) is 0 Å². The molecule has 1 saturated heterocycles. The van der Waals surface area contributed by atoms with Crippen LogP contribution < -0.4 is 17.3 Å². The van der Waals surface area contributed by atoms with Crippen molar-refractivity contribution in [2.24, 2.45) is 0 Å². The molecule has 1 N–H and O–H groups in total. The highest BCUT2D eigenvalue weighted by Crippen LogP contribution is 2.42. The number of carbonyl (C=O) groups is 1. The van der Waals surface area contributed by atoms with Crippen molar-refractivity contribution in [2.45, 2.75) is 37.4 Å². The normalized spacial score (nSPS) is 21.4. The van der Waals surface area contributed by atoms with E-state index in [-0.39, 0.29) is 29.8 Å². The number of ether oxygens (including phenoxy) is 1. The molecule has 3 aromatic carbocycles. The predicted octanol–water partition coefficient (Wildman–Crippen LogP) is 1.69. The van der Waals surface area contributed by atoms with E-state index in [4.69, 9.17) is 16.3 Å². The first-order valence-corrected chi connectivity index (χ1v) is 13.0. The Labute approximate surface area is 225 Å². The summed E-state index contributed by atoms with van der Waals surface area (Å²) in [6.45, 7) is 4.69. The van der Waals surface area contributed by atoms with Crippen molar-refractivity contribution >= 4 is 17.5 Å². The number of hydrogen-bond donors (Lipinski definition) is 1. The smallest absolute Gasteiger partial charge is 0.253 e. The van der Waals surface area contributed by atoms with Crippen LogP contribution in [0.2, 0.25) is 5.02 Å². The monoisotopic (exact) mass is 524 g/mol. The van der Waals surface area contributed by atoms with E-state index >= 15 is 0 Å². The fourth-order valence-corrected chi connectivity index (χ4v) is 5.97. The average molecular weight is 526 g/mol. The van der Waals surface area contributed by atoms with E-state index in [2.05, 4.69) is 36.4 Å². The predicted molar refractivity (Wildman–Crippen MR) is 140 cm³/mol. The molecule has 1 fully saturated rings. The standard InChI is InChI=1S/C30H33ClN2O2.ClH/c1-32(29(34)23-8-3-2-4-9-23)21-25(24-11-7-12-27(31)20-24)14-17-33-18-15-30(16-19-33)28-13-6-5-10-26(28)22-35-30;/h2-13,20,25H,14-19,21-22H2,1H3;1H. The third-order valence-electron chi connectivity index (χ3n) is 7.81. The fraction of sp³-hybridized carbons (Fsp3) is 0.367. The molecule has 0 saturated carbocycles. The van der Waals surface area contributed by atoms with Gasteiger partial charge in [0, 0.05) is 49.4 Å². The molecule has 3 aromatic rings. The number of likely N-dealkylation sites (tertiary alicyclic amines) is 1. The lowest BCUT2D eigenvalue weighted by Crippen LogP contribution is -3.13. The van der Waals surface area contributed by atoms with Gasteiger partial charge in [0.15, 0.2) is 0 Å². The van der Waals surface area contributed by atoms with Crippen molar-refractivity contribution in [3.8, 4) is 0 Å². The zero-order valence-electron chi connectivity index (χ0n) is 20.8. The number of quaternary nitrogens is 1. The highest BCUT2D eigenvalue weighted by Gasteiger charge is 2.44. The number of carbonyl (C=O) groups excluding carboxylic acids is 1. The summed E-state index contributed by atoms with van der Waals surface area (Å²) < 4.78 is 6.36. The number of benzene rings is 3. The number of nitrogens with zero attached hydrogens (tertiary/aromatic N) is 1. The molecule has 4 nitrogen and oxygen atoms in total. The second-order valence-corrected chi connectivity index (χ2v) is 10.5. The number of piperidine rings is 1. The second kappa shape index (κ2) is 11.8. The van der Waals surface area contributed by atoms with Crippen LogP contribution in [0.1, 0.15) is 52.2 Å². The Hall–Kier alpha value is -2.37. The number of hydrogen-bond acceptors (Lipinski definition) is 2. The summed E-state index contributed by atoms with van der Waals surface area (Å²) in [5.41, 5.74) is 4.59. The molecule has 0 bridgehead atoms. The minimum atomic E-state index is -0.0885. The lowest BCUT2D eigenvalue weighted by Gasteiger charge is -2.37. The Kier molecular flexibility index (Phi) is 8.74. The molecular formula is C30H34Cl2N2O2. The average Bonchev–Trinajstić information content (AvgIpc) is 3.25. The van der Waals surface area contributed by atoms with Gasteiger partial charge in [0.1, 0.15) is 5.60 Å². The number of fused-ring (bicyclic) bond motifs is 2. The maximum Gasteiger partial charge on any atom is 0.253 e. The van der Waals surface area contributed by atoms with Gasteiger partial charge in [-0.15, -0.1) is 0 Å². The first-order valence-electron chi connectivity index (χ1n) is 12.7. The fourth-order valence-electron chi connectivity index (χ4n) is 5.77. The van der Waals surface area contributed by atoms with Crippen LogP contribution in [0.3, 0.4) is 0 Å². The Morgan fingerprint density at radius 3 is 2.50 bits per heavy atom. The summed E-state index contributed by atoms with van der Waals surface area (Å²) in [5, 5.41) is 0.744. The molecule has 1 spiro atoms. The summed E-state index contributed by atoms with van der Waals surface area (Å²) >= 11 is 6.34. The lowest BCUT2D eigenvalue weighted by atomic mass is 9.83. The minimum Gasteiger partial charge on any atom is -1.00 e. The van der Waals surface area contributed by atoms with Gasteiger partial charge >= 0.3 is 0 Å². The summed E-state index contributed by atoms with van der Waals surface area (Å²) in [5.74, 6) is 0.292. The van der Waals surface area contributed by atoms with Crippen LogP contribution in [0.5, 0.6) is 0 Å². The molecule has 1 atom stereocenters. The number of halogens is 2. The van der Waals surface area contributed by atoms with Gasteiger partial charge in [0.05, 0.1) is 26.2 Å². The van der Waals surface area contributed by atoms with Crippen LogP contribution >= 0.6 is 11.6 Å². The van der Waals surface area contributed by atoms with Gasteiger partial charge in [0.25, 0.3) is 5.91 Å². The highest BCUT2D eigenvalue weighted by atomic mass is 35.5. The van der Waals surface area contributed by atoms with E-state index in [0.29, 0.717) is 6.54 Å². The van der Waals surface area contributed by atoms with Gasteiger partial charge in [0.2, 0.25) is 0 Å². The second-order valence-electron chi connectivity index (χ2n) is 10.0. The molecule has 0 radical (unpaired) electrons. The van der Waals surface area contributed by atoms with Crippen molar-refractivity contribution in [2.75, 3.05) is 33.2 Å². The first-order chi connectivity index (χ1) is 17.0. The molecule has 190 valence electrons. The van der Waals surface area contributed by atoms with E-state index in [9.17, 15) is 4.79 Å². The maximum absolute atomic E-state index is 13.0. The van der Waals surface area contributed by atoms with Gasteiger partial charge in [-0.3, -0.25) is 4.79 Å². The Morgan fingerprint density at radius 1 is 1.03 bits per heavy atom. The summed E-state index contributed by atoms with van der Waals surface area (Å²) in [6, 6.07) is 26.3. The Morgan fingerprint density at radius 2 is 1.75 bits per heavy atom. The van der Waals surface area contributed by atoms with Gasteiger partial charge in [-0.25, -0.2) is 0 Å². The molecule has 2 aliphatic rings. The zero-order chi connectivity index (χ0) is 24.3. The molecule has 6 heteroatoms. The zero-order valence-corrected chi connectivity index (χ0v) is 22.3. The number of nitrogens with one attached hydrogen (secondary N) is 1. The SMILES string of the molecule is CN(CC(CC[NH+]1CCC2(CC1)OCc1ccccc12)c1cccc(Cl)c1)C(=O)c1ccccc1.[Cl-]. The quantitative estimate of drug-likeness (QED) is 0.510. The summed E-state index contributed by atoms with van der Waals surface area (Å²) in [7, 11) is 1.90. The van der Waals surface area contributed by atoms with Crippen LogP contribution in [-0.2, 0) is 16.9 Å². The van der Waals surface area contributed by atoms with Gasteiger partial charge in [-0.2, -0.15) is 0 Å². The van der Waals surface area contributed by atoms with E-state index in [1.807, 2.05) is 54.4 Å². The van der Waals surface area contributed by atoms with Crippen LogP contribution in [0.25, 0.3) is 0 Å². The topological polar surface area (TPSA) is 34.0 Å². The molecule has 5 rings (SSSR count). The number of rotatable bonds is 7. The van der Waals surface area contributed by atoms with Crippen molar-refractivity contribution in [3.63, 3.8) is 0 Å². The molecule has 2 aliphatic heterocycles. The van der Waals surface area contributed by atoms with Gasteiger partial charge in [-0.05, 0) is 41.0 Å². The molecule has 2 heterocycles. The minimum absolute atomic E-state index is 0. The Bertz CT molecular complexity index is 1160. The molecule has 1 unspecified atom stereocenters. The third kappa shape index (κ3) is 5.78. The number of likely N-dealkylation sites (N-methyl/N-ethyl adjacent to an activating group) is 1. The molecule has 0 aromatic heterocycles. The molecular weight excluding hydrogens is 491 g/mol. The Balaban J connectivity index is 0.00000304.